The van der Waals surface area contributed by atoms with E-state index in [9.17, 15) is 20.1 Å². The van der Waals surface area contributed by atoms with Gasteiger partial charge in [-0.2, -0.15) is 0 Å². The molecule has 1 rings (SSSR count). The van der Waals surface area contributed by atoms with Crippen molar-refractivity contribution in [2.24, 2.45) is 0 Å². The number of likely N-dealkylation sites (N-methyl/N-ethyl adjacent to an activating group) is 1. The average Bonchev–Trinajstić information content (AvgIpc) is 2.66. The van der Waals surface area contributed by atoms with Crippen LogP contribution >= 0.6 is 0 Å². The van der Waals surface area contributed by atoms with E-state index in [1.54, 1.807) is 6.92 Å². The second-order valence-electron chi connectivity index (χ2n) is 7.48. The van der Waals surface area contributed by atoms with E-state index in [0.717, 1.165) is 19.3 Å². The molecule has 1 amide bonds. The average molecular weight is 390 g/mol. The van der Waals surface area contributed by atoms with E-state index >= 15 is 0 Å². The molecule has 0 aliphatic carbocycles. The lowest BCUT2D eigenvalue weighted by Gasteiger charge is -2.44. The number of rotatable bonds is 13. The summed E-state index contributed by atoms with van der Waals surface area (Å²) in [6.45, 7) is 3.76. The van der Waals surface area contributed by atoms with Gasteiger partial charge in [-0.15, -0.1) is 0 Å². The van der Waals surface area contributed by atoms with Crippen LogP contribution in [0.4, 0.5) is 0 Å². The third-order valence-corrected chi connectivity index (χ3v) is 5.38. The summed E-state index contributed by atoms with van der Waals surface area (Å²) in [7, 11) is 0. The number of aliphatic hydroxyl groups excluding tert-OH is 4. The molecule has 160 valence electrons. The van der Waals surface area contributed by atoms with Crippen LogP contribution in [0.5, 0.6) is 0 Å². The molecule has 1 aliphatic rings. The van der Waals surface area contributed by atoms with Crippen LogP contribution in [-0.2, 0) is 9.53 Å². The maximum absolute atomic E-state index is 12.5. The van der Waals surface area contributed by atoms with Crippen LogP contribution in [0.15, 0.2) is 0 Å². The number of carbonyl (C=O) groups excluding carboxylic acids is 1. The van der Waals surface area contributed by atoms with Crippen LogP contribution in [-0.4, -0.2) is 75.0 Å². The van der Waals surface area contributed by atoms with Crippen molar-refractivity contribution in [1.29, 1.82) is 0 Å². The second-order valence-corrected chi connectivity index (χ2v) is 7.48. The summed E-state index contributed by atoms with van der Waals surface area (Å²) < 4.78 is 5.16. The number of unbranched alkanes of at least 4 members (excludes halogenated alkanes) is 8. The molecule has 0 spiro atoms. The van der Waals surface area contributed by atoms with Crippen molar-refractivity contribution in [3.05, 3.63) is 0 Å². The minimum atomic E-state index is -1.44. The molecule has 0 bridgehead atoms. The number of amides is 1. The number of aliphatic hydroxyl groups is 4. The van der Waals surface area contributed by atoms with Crippen molar-refractivity contribution in [3.8, 4) is 0 Å². The van der Waals surface area contributed by atoms with Crippen LogP contribution < -0.4 is 0 Å². The highest BCUT2D eigenvalue weighted by molar-refractivity contribution is 5.76. The van der Waals surface area contributed by atoms with Crippen molar-refractivity contribution in [1.82, 2.24) is 4.90 Å². The Morgan fingerprint density at radius 3 is 1.96 bits per heavy atom. The largest absolute Gasteiger partial charge is 0.394 e. The Morgan fingerprint density at radius 2 is 1.44 bits per heavy atom. The van der Waals surface area contributed by atoms with E-state index in [-0.39, 0.29) is 5.91 Å². The molecule has 0 aromatic rings. The maximum atomic E-state index is 12.5. The van der Waals surface area contributed by atoms with Crippen LogP contribution in [0.1, 0.15) is 78.1 Å². The lowest BCUT2D eigenvalue weighted by Crippen LogP contribution is -2.65. The predicted molar refractivity (Wildman–Crippen MR) is 103 cm³/mol. The molecule has 4 N–H and O–H groups in total. The third kappa shape index (κ3) is 7.66. The van der Waals surface area contributed by atoms with Gasteiger partial charge in [-0.3, -0.25) is 4.79 Å². The van der Waals surface area contributed by atoms with Gasteiger partial charge in [0.05, 0.1) is 6.61 Å². The summed E-state index contributed by atoms with van der Waals surface area (Å²) in [5, 5.41) is 39.6. The third-order valence-electron chi connectivity index (χ3n) is 5.38. The van der Waals surface area contributed by atoms with Crippen LogP contribution in [0, 0.1) is 0 Å². The quantitative estimate of drug-likeness (QED) is 0.356. The van der Waals surface area contributed by atoms with Gasteiger partial charge in [0, 0.05) is 13.0 Å². The van der Waals surface area contributed by atoms with Crippen molar-refractivity contribution >= 4 is 5.91 Å². The molecule has 7 nitrogen and oxygen atoms in total. The van der Waals surface area contributed by atoms with E-state index in [1.165, 1.54) is 43.4 Å². The molecule has 1 saturated heterocycles. The zero-order valence-corrected chi connectivity index (χ0v) is 16.9. The van der Waals surface area contributed by atoms with Crippen molar-refractivity contribution in [2.75, 3.05) is 13.2 Å². The standard InChI is InChI=1S/C20H39NO6/c1-3-5-6-7-8-9-10-11-12-13-16(23)21(4-2)17-19(25)18(24)15(14-22)27-20(17)26/h15,17-20,22,24-26H,3-14H2,1-2H3/t15-,17-,18-,19-,20?/m1/s1. The number of nitrogens with zero attached hydrogens (tertiary/aromatic N) is 1. The first kappa shape index (κ1) is 24.3. The molecule has 5 atom stereocenters. The van der Waals surface area contributed by atoms with E-state index in [2.05, 4.69) is 6.92 Å². The molecule has 1 aliphatic heterocycles. The van der Waals surface area contributed by atoms with Gasteiger partial charge >= 0.3 is 0 Å². The minimum Gasteiger partial charge on any atom is -0.394 e. The van der Waals surface area contributed by atoms with E-state index in [1.807, 2.05) is 0 Å². The first-order valence-corrected chi connectivity index (χ1v) is 10.6. The van der Waals surface area contributed by atoms with Gasteiger partial charge < -0.3 is 30.1 Å². The predicted octanol–water partition coefficient (Wildman–Crippen LogP) is 1.56. The second kappa shape index (κ2) is 13.4. The summed E-state index contributed by atoms with van der Waals surface area (Å²) in [5.41, 5.74) is 0. The lowest BCUT2D eigenvalue weighted by molar-refractivity contribution is -0.270. The van der Waals surface area contributed by atoms with E-state index in [0.29, 0.717) is 13.0 Å². The first-order valence-electron chi connectivity index (χ1n) is 10.6. The Hall–Kier alpha value is -0.730. The van der Waals surface area contributed by atoms with E-state index < -0.39 is 37.3 Å². The van der Waals surface area contributed by atoms with Crippen LogP contribution in [0.3, 0.4) is 0 Å². The highest BCUT2D eigenvalue weighted by Crippen LogP contribution is 2.25. The summed E-state index contributed by atoms with van der Waals surface area (Å²) in [4.78, 5) is 13.9. The fourth-order valence-electron chi connectivity index (χ4n) is 3.70. The van der Waals surface area contributed by atoms with Gasteiger partial charge in [0.25, 0.3) is 0 Å². The number of hydrogen-bond donors (Lipinski definition) is 4. The van der Waals surface area contributed by atoms with Crippen molar-refractivity contribution in [2.45, 2.75) is 109 Å². The van der Waals surface area contributed by atoms with Gasteiger partial charge in [0.1, 0.15) is 24.4 Å². The zero-order chi connectivity index (χ0) is 20.2. The van der Waals surface area contributed by atoms with Gasteiger partial charge in [-0.1, -0.05) is 58.3 Å². The molecule has 7 heteroatoms. The molecule has 1 fully saturated rings. The maximum Gasteiger partial charge on any atom is 0.223 e. The van der Waals surface area contributed by atoms with Gasteiger partial charge in [-0.25, -0.2) is 0 Å². The van der Waals surface area contributed by atoms with Gasteiger partial charge in [0.2, 0.25) is 5.91 Å². The zero-order valence-electron chi connectivity index (χ0n) is 16.9. The van der Waals surface area contributed by atoms with Crippen molar-refractivity contribution < 1.29 is 30.0 Å². The molecule has 1 unspecified atom stereocenters. The fraction of sp³-hybridized carbons (Fsp3) is 0.950. The molecule has 0 aromatic heterocycles. The summed E-state index contributed by atoms with van der Waals surface area (Å²) in [5.74, 6) is -0.165. The Balaban J connectivity index is 2.37. The summed E-state index contributed by atoms with van der Waals surface area (Å²) in [6, 6.07) is -1.03. The number of ether oxygens (including phenoxy) is 1. The number of carbonyl (C=O) groups is 1. The van der Waals surface area contributed by atoms with Crippen LogP contribution in [0.2, 0.25) is 0 Å². The normalized spacial score (nSPS) is 28.3. The molecular weight excluding hydrogens is 350 g/mol. The summed E-state index contributed by atoms with van der Waals surface area (Å²) >= 11 is 0. The molecule has 27 heavy (non-hydrogen) atoms. The first-order chi connectivity index (χ1) is 13.0. The molecule has 0 saturated carbocycles. The van der Waals surface area contributed by atoms with Crippen molar-refractivity contribution in [3.63, 3.8) is 0 Å². The van der Waals surface area contributed by atoms with Crippen LogP contribution in [0.25, 0.3) is 0 Å². The number of hydrogen-bond acceptors (Lipinski definition) is 6. The Morgan fingerprint density at radius 1 is 0.889 bits per heavy atom. The Labute approximate surface area is 163 Å². The molecule has 1 heterocycles. The molecular formula is C20H39NO6. The Bertz CT molecular complexity index is 408. The Kier molecular flexibility index (Phi) is 12.1. The molecule has 0 radical (unpaired) electrons. The monoisotopic (exact) mass is 389 g/mol. The van der Waals surface area contributed by atoms with E-state index in [4.69, 9.17) is 9.84 Å². The smallest absolute Gasteiger partial charge is 0.223 e. The highest BCUT2D eigenvalue weighted by atomic mass is 16.6. The minimum absolute atomic E-state index is 0.165. The van der Waals surface area contributed by atoms with Gasteiger partial charge in [0.15, 0.2) is 6.29 Å². The SMILES string of the molecule is CCCCCCCCCCCC(=O)N(CC)[C@H]1C(O)O[C@H](CO)[C@@H](O)[C@@H]1O. The molecule has 0 aromatic carbocycles. The fourth-order valence-corrected chi connectivity index (χ4v) is 3.70. The highest BCUT2D eigenvalue weighted by Gasteiger charge is 2.47. The van der Waals surface area contributed by atoms with Gasteiger partial charge in [-0.05, 0) is 13.3 Å². The summed E-state index contributed by atoms with van der Waals surface area (Å²) in [6.07, 6.45) is 5.59. The lowest BCUT2D eigenvalue weighted by atomic mass is 9.95. The topological polar surface area (TPSA) is 110 Å².